The SMILES string of the molecule is CCCC/C=C/CCO[C@@H]1[C@@H](O)[C@H](O)CO[C@H]1CO. The number of hydrogen-bond donors (Lipinski definition) is 3. The van der Waals surface area contributed by atoms with Crippen molar-refractivity contribution in [3.05, 3.63) is 12.2 Å². The summed E-state index contributed by atoms with van der Waals surface area (Å²) in [5.41, 5.74) is 0. The van der Waals surface area contributed by atoms with Gasteiger partial charge in [0.1, 0.15) is 24.4 Å². The Bertz CT molecular complexity index is 254. The van der Waals surface area contributed by atoms with Gasteiger partial charge in [0.2, 0.25) is 0 Å². The first-order valence-corrected chi connectivity index (χ1v) is 7.05. The minimum Gasteiger partial charge on any atom is -0.394 e. The number of aliphatic hydroxyl groups excluding tert-OH is 3. The van der Waals surface area contributed by atoms with Gasteiger partial charge in [-0.2, -0.15) is 0 Å². The van der Waals surface area contributed by atoms with Gasteiger partial charge in [-0.25, -0.2) is 0 Å². The lowest BCUT2D eigenvalue weighted by Crippen LogP contribution is -2.55. The zero-order chi connectivity index (χ0) is 14.1. The number of hydrogen-bond acceptors (Lipinski definition) is 5. The maximum atomic E-state index is 9.83. The maximum absolute atomic E-state index is 9.83. The summed E-state index contributed by atoms with van der Waals surface area (Å²) in [6, 6.07) is 0. The van der Waals surface area contributed by atoms with Crippen LogP contribution in [0.4, 0.5) is 0 Å². The van der Waals surface area contributed by atoms with Crippen molar-refractivity contribution in [2.75, 3.05) is 19.8 Å². The summed E-state index contributed by atoms with van der Waals surface area (Å²) in [6.45, 7) is 2.41. The number of allylic oxidation sites excluding steroid dienone is 1. The summed E-state index contributed by atoms with van der Waals surface area (Å²) in [5, 5.41) is 28.5. The normalized spacial score (nSPS) is 32.0. The van der Waals surface area contributed by atoms with Crippen LogP contribution in [0, 0.1) is 0 Å². The van der Waals surface area contributed by atoms with E-state index in [0.29, 0.717) is 6.61 Å². The Morgan fingerprint density at radius 2 is 2.00 bits per heavy atom. The molecular formula is C14H26O5. The average Bonchev–Trinajstić information content (AvgIpc) is 2.42. The van der Waals surface area contributed by atoms with Gasteiger partial charge in [0.25, 0.3) is 0 Å². The zero-order valence-electron chi connectivity index (χ0n) is 11.6. The quantitative estimate of drug-likeness (QED) is 0.447. The van der Waals surface area contributed by atoms with Gasteiger partial charge in [-0.1, -0.05) is 31.9 Å². The fourth-order valence-electron chi connectivity index (χ4n) is 2.05. The molecule has 0 unspecified atom stereocenters. The molecule has 1 saturated heterocycles. The third-order valence-corrected chi connectivity index (χ3v) is 3.24. The lowest BCUT2D eigenvalue weighted by molar-refractivity contribution is -0.211. The molecule has 0 aromatic carbocycles. The van der Waals surface area contributed by atoms with E-state index in [0.717, 1.165) is 12.8 Å². The van der Waals surface area contributed by atoms with Crippen LogP contribution in [0.3, 0.4) is 0 Å². The minimum absolute atomic E-state index is 0.0309. The molecule has 0 saturated carbocycles. The number of unbranched alkanes of at least 4 members (excludes halogenated alkanes) is 2. The van der Waals surface area contributed by atoms with Crippen LogP contribution in [0.15, 0.2) is 12.2 Å². The molecule has 1 fully saturated rings. The first-order chi connectivity index (χ1) is 9.20. The number of ether oxygens (including phenoxy) is 2. The summed E-state index contributed by atoms with van der Waals surface area (Å²) < 4.78 is 10.8. The Morgan fingerprint density at radius 3 is 2.68 bits per heavy atom. The highest BCUT2D eigenvalue weighted by Crippen LogP contribution is 2.18. The van der Waals surface area contributed by atoms with E-state index in [1.54, 1.807) is 0 Å². The van der Waals surface area contributed by atoms with Crippen LogP contribution in [0.2, 0.25) is 0 Å². The highest BCUT2D eigenvalue weighted by Gasteiger charge is 2.38. The largest absolute Gasteiger partial charge is 0.394 e. The molecule has 1 heterocycles. The molecule has 0 spiro atoms. The average molecular weight is 274 g/mol. The molecule has 0 aromatic heterocycles. The lowest BCUT2D eigenvalue weighted by Gasteiger charge is -2.37. The van der Waals surface area contributed by atoms with E-state index in [9.17, 15) is 10.2 Å². The summed E-state index contributed by atoms with van der Waals surface area (Å²) in [6.07, 6.45) is 5.18. The minimum atomic E-state index is -1.00. The van der Waals surface area contributed by atoms with Crippen molar-refractivity contribution in [2.24, 2.45) is 0 Å². The van der Waals surface area contributed by atoms with Crippen molar-refractivity contribution in [3.8, 4) is 0 Å². The molecule has 5 nitrogen and oxygen atoms in total. The van der Waals surface area contributed by atoms with Crippen LogP contribution < -0.4 is 0 Å². The van der Waals surface area contributed by atoms with Crippen molar-refractivity contribution in [2.45, 2.75) is 57.0 Å². The van der Waals surface area contributed by atoms with E-state index in [4.69, 9.17) is 14.6 Å². The molecule has 0 radical (unpaired) electrons. The van der Waals surface area contributed by atoms with Crippen molar-refractivity contribution >= 4 is 0 Å². The molecule has 1 aliphatic rings. The molecule has 0 amide bonds. The Morgan fingerprint density at radius 1 is 1.26 bits per heavy atom. The molecule has 3 N–H and O–H groups in total. The topological polar surface area (TPSA) is 79.2 Å². The molecule has 5 heteroatoms. The second kappa shape index (κ2) is 9.44. The predicted octanol–water partition coefficient (Wildman–Crippen LogP) is 0.621. The molecule has 0 bridgehead atoms. The van der Waals surface area contributed by atoms with E-state index < -0.39 is 24.4 Å². The standard InChI is InChI=1S/C14H26O5/c1-2-3-4-5-6-7-8-18-14-12(9-15)19-10-11(16)13(14)17/h5-6,11-17H,2-4,7-10H2,1H3/b6-5+/t11-,12+,13+,14+/m1/s1. The maximum Gasteiger partial charge on any atom is 0.114 e. The van der Waals surface area contributed by atoms with Crippen LogP contribution >= 0.6 is 0 Å². The van der Waals surface area contributed by atoms with E-state index in [1.807, 2.05) is 0 Å². The van der Waals surface area contributed by atoms with Gasteiger partial charge >= 0.3 is 0 Å². The van der Waals surface area contributed by atoms with Crippen molar-refractivity contribution in [3.63, 3.8) is 0 Å². The van der Waals surface area contributed by atoms with Gasteiger partial charge in [-0.15, -0.1) is 0 Å². The van der Waals surface area contributed by atoms with E-state index in [-0.39, 0.29) is 13.2 Å². The second-order valence-electron chi connectivity index (χ2n) is 4.85. The van der Waals surface area contributed by atoms with Gasteiger partial charge in [-0.3, -0.25) is 0 Å². The highest BCUT2D eigenvalue weighted by atomic mass is 16.6. The van der Waals surface area contributed by atoms with Crippen molar-refractivity contribution in [1.29, 1.82) is 0 Å². The second-order valence-corrected chi connectivity index (χ2v) is 4.85. The first kappa shape index (κ1) is 16.6. The predicted molar refractivity (Wildman–Crippen MR) is 71.9 cm³/mol. The van der Waals surface area contributed by atoms with Crippen molar-refractivity contribution < 1.29 is 24.8 Å². The summed E-state index contributed by atoms with van der Waals surface area (Å²) in [4.78, 5) is 0. The van der Waals surface area contributed by atoms with E-state index in [2.05, 4.69) is 19.1 Å². The van der Waals surface area contributed by atoms with Crippen LogP contribution in [0.1, 0.15) is 32.6 Å². The number of aliphatic hydroxyl groups is 3. The molecule has 1 rings (SSSR count). The van der Waals surface area contributed by atoms with Crippen LogP contribution in [0.5, 0.6) is 0 Å². The molecule has 0 aliphatic carbocycles. The van der Waals surface area contributed by atoms with Crippen LogP contribution in [-0.4, -0.2) is 59.6 Å². The van der Waals surface area contributed by atoms with Gasteiger partial charge in [0.05, 0.1) is 19.8 Å². The van der Waals surface area contributed by atoms with E-state index in [1.165, 1.54) is 12.8 Å². The molecular weight excluding hydrogens is 248 g/mol. The first-order valence-electron chi connectivity index (χ1n) is 7.05. The molecule has 1 aliphatic heterocycles. The van der Waals surface area contributed by atoms with Gasteiger partial charge in [0.15, 0.2) is 0 Å². The third kappa shape index (κ3) is 5.58. The van der Waals surface area contributed by atoms with Crippen LogP contribution in [-0.2, 0) is 9.47 Å². The summed E-state index contributed by atoms with van der Waals surface area (Å²) in [7, 11) is 0. The number of rotatable bonds is 8. The third-order valence-electron chi connectivity index (χ3n) is 3.24. The Balaban J connectivity index is 2.26. The van der Waals surface area contributed by atoms with E-state index >= 15 is 0 Å². The zero-order valence-corrected chi connectivity index (χ0v) is 11.6. The fourth-order valence-corrected chi connectivity index (χ4v) is 2.05. The highest BCUT2D eigenvalue weighted by molar-refractivity contribution is 4.88. The molecule has 19 heavy (non-hydrogen) atoms. The molecule has 112 valence electrons. The smallest absolute Gasteiger partial charge is 0.114 e. The lowest BCUT2D eigenvalue weighted by atomic mass is 10.0. The van der Waals surface area contributed by atoms with Gasteiger partial charge in [0, 0.05) is 0 Å². The van der Waals surface area contributed by atoms with Crippen LogP contribution in [0.25, 0.3) is 0 Å². The monoisotopic (exact) mass is 274 g/mol. The van der Waals surface area contributed by atoms with Gasteiger partial charge < -0.3 is 24.8 Å². The molecule has 4 atom stereocenters. The fraction of sp³-hybridized carbons (Fsp3) is 0.857. The summed E-state index contributed by atoms with van der Waals surface area (Å²) >= 11 is 0. The Hall–Kier alpha value is -0.460. The Kier molecular flexibility index (Phi) is 8.25. The molecule has 0 aromatic rings. The summed E-state index contributed by atoms with van der Waals surface area (Å²) in [5.74, 6) is 0. The van der Waals surface area contributed by atoms with Gasteiger partial charge in [-0.05, 0) is 12.8 Å². The Labute approximate surface area is 114 Å². The van der Waals surface area contributed by atoms with Crippen molar-refractivity contribution in [1.82, 2.24) is 0 Å².